The summed E-state index contributed by atoms with van der Waals surface area (Å²) in [6.07, 6.45) is 0.393. The van der Waals surface area contributed by atoms with Gasteiger partial charge in [0.2, 0.25) is 5.91 Å². The van der Waals surface area contributed by atoms with Gasteiger partial charge in [0.15, 0.2) is 0 Å². The summed E-state index contributed by atoms with van der Waals surface area (Å²) in [6.45, 7) is 5.49. The molecule has 0 heterocycles. The number of esters is 1. The number of nitrogens with one attached hydrogen (secondary N) is 1. The number of carbonyl (C=O) groups is 2. The van der Waals surface area contributed by atoms with Gasteiger partial charge < -0.3 is 10.1 Å². The van der Waals surface area contributed by atoms with Crippen LogP contribution in [0.4, 0.5) is 0 Å². The topological polar surface area (TPSA) is 55.4 Å². The first-order valence-electron chi connectivity index (χ1n) is 6.98. The molecule has 5 heteroatoms. The molecule has 21 heavy (non-hydrogen) atoms. The third-order valence-electron chi connectivity index (χ3n) is 3.11. The van der Waals surface area contributed by atoms with Crippen molar-refractivity contribution < 1.29 is 14.3 Å². The van der Waals surface area contributed by atoms with Gasteiger partial charge in [0.05, 0.1) is 12.0 Å². The maximum Gasteiger partial charge on any atom is 0.328 e. The Morgan fingerprint density at radius 2 is 1.90 bits per heavy atom. The van der Waals surface area contributed by atoms with Crippen molar-refractivity contribution in [1.82, 2.24) is 5.32 Å². The van der Waals surface area contributed by atoms with Crippen molar-refractivity contribution in [2.24, 2.45) is 5.41 Å². The van der Waals surface area contributed by atoms with E-state index in [1.807, 2.05) is 30.3 Å². The second-order valence-corrected chi connectivity index (χ2v) is 5.75. The largest absolute Gasteiger partial charge is 0.464 e. The molecule has 4 nitrogen and oxygen atoms in total. The van der Waals surface area contributed by atoms with Gasteiger partial charge in [-0.3, -0.25) is 4.79 Å². The van der Waals surface area contributed by atoms with Crippen LogP contribution in [0.25, 0.3) is 0 Å². The molecule has 1 aromatic rings. The fourth-order valence-corrected chi connectivity index (χ4v) is 1.82. The van der Waals surface area contributed by atoms with Crippen molar-refractivity contribution >= 4 is 23.5 Å². The van der Waals surface area contributed by atoms with E-state index in [9.17, 15) is 9.59 Å². The first kappa shape index (κ1) is 17.5. The summed E-state index contributed by atoms with van der Waals surface area (Å²) < 4.78 is 5.04. The number of benzene rings is 1. The van der Waals surface area contributed by atoms with E-state index < -0.39 is 17.4 Å². The van der Waals surface area contributed by atoms with Gasteiger partial charge in [-0.2, -0.15) is 0 Å². The number of ether oxygens (including phenoxy) is 1. The molecule has 0 unspecified atom stereocenters. The lowest BCUT2D eigenvalue weighted by molar-refractivity contribution is -0.148. The molecule has 0 radical (unpaired) electrons. The molecule has 0 spiro atoms. The predicted octanol–water partition coefficient (Wildman–Crippen LogP) is 2.54. The Morgan fingerprint density at radius 3 is 2.43 bits per heavy atom. The molecular weight excluding hydrogens is 290 g/mol. The Kier molecular flexibility index (Phi) is 6.69. The van der Waals surface area contributed by atoms with Crippen LogP contribution in [-0.2, 0) is 20.7 Å². The normalized spacial score (nSPS) is 12.6. The highest BCUT2D eigenvalue weighted by Gasteiger charge is 2.31. The predicted molar refractivity (Wildman–Crippen MR) is 83.2 cm³/mol. The van der Waals surface area contributed by atoms with Crippen molar-refractivity contribution in [3.05, 3.63) is 35.9 Å². The number of hydrogen-bond donors (Lipinski definition) is 1. The molecule has 0 fully saturated rings. The number of halogens is 1. The average Bonchev–Trinajstić information content (AvgIpc) is 2.47. The third-order valence-corrected chi connectivity index (χ3v) is 3.78. The van der Waals surface area contributed by atoms with E-state index in [1.54, 1.807) is 20.8 Å². The zero-order chi connectivity index (χ0) is 15.9. The molecule has 0 saturated carbocycles. The Bertz CT molecular complexity index is 474. The lowest BCUT2D eigenvalue weighted by atomic mass is 9.94. The average molecular weight is 312 g/mol. The zero-order valence-corrected chi connectivity index (χ0v) is 13.4. The van der Waals surface area contributed by atoms with Crippen LogP contribution >= 0.6 is 11.6 Å². The van der Waals surface area contributed by atoms with Crippen LogP contribution in [0, 0.1) is 5.41 Å². The minimum atomic E-state index is -0.733. The smallest absolute Gasteiger partial charge is 0.328 e. The minimum absolute atomic E-state index is 0.180. The Morgan fingerprint density at radius 1 is 1.29 bits per heavy atom. The van der Waals surface area contributed by atoms with Crippen LogP contribution in [-0.4, -0.2) is 30.4 Å². The molecule has 1 N–H and O–H groups in total. The molecule has 0 bridgehead atoms. The van der Waals surface area contributed by atoms with Crippen LogP contribution in [0.2, 0.25) is 0 Å². The summed E-state index contributed by atoms with van der Waals surface area (Å²) in [5.74, 6) is -0.508. The number of amides is 1. The van der Waals surface area contributed by atoms with E-state index in [4.69, 9.17) is 16.3 Å². The van der Waals surface area contributed by atoms with Crippen LogP contribution in [0.5, 0.6) is 0 Å². The van der Waals surface area contributed by atoms with E-state index >= 15 is 0 Å². The first-order valence-corrected chi connectivity index (χ1v) is 7.51. The number of alkyl halides is 1. The Labute approximate surface area is 130 Å². The maximum absolute atomic E-state index is 12.2. The third kappa shape index (κ3) is 5.38. The Balaban J connectivity index is 2.83. The second-order valence-electron chi connectivity index (χ2n) is 5.49. The molecule has 1 amide bonds. The second kappa shape index (κ2) is 8.03. The lowest BCUT2D eigenvalue weighted by Crippen LogP contribution is -2.48. The van der Waals surface area contributed by atoms with Gasteiger partial charge in [-0.25, -0.2) is 4.79 Å². The van der Waals surface area contributed by atoms with Gasteiger partial charge in [-0.1, -0.05) is 30.3 Å². The lowest BCUT2D eigenvalue weighted by Gasteiger charge is -2.24. The van der Waals surface area contributed by atoms with Crippen molar-refractivity contribution in [3.63, 3.8) is 0 Å². The summed E-state index contributed by atoms with van der Waals surface area (Å²) in [5.41, 5.74) is 0.225. The van der Waals surface area contributed by atoms with Gasteiger partial charge in [-0.15, -0.1) is 11.6 Å². The van der Waals surface area contributed by atoms with E-state index in [0.29, 0.717) is 6.42 Å². The van der Waals surface area contributed by atoms with Crippen molar-refractivity contribution in [2.45, 2.75) is 33.2 Å². The van der Waals surface area contributed by atoms with Crippen molar-refractivity contribution in [3.8, 4) is 0 Å². The molecule has 0 aliphatic heterocycles. The molecule has 0 aromatic heterocycles. The highest BCUT2D eigenvalue weighted by atomic mass is 35.5. The fraction of sp³-hybridized carbons (Fsp3) is 0.500. The number of hydrogen-bond acceptors (Lipinski definition) is 3. The highest BCUT2D eigenvalue weighted by Crippen LogP contribution is 2.18. The SMILES string of the molecule is CCOC(=O)[C@@H](Cc1ccccc1)NC(=O)C(C)(C)CCl. The van der Waals surface area contributed by atoms with Crippen LogP contribution in [0.1, 0.15) is 26.3 Å². The summed E-state index contributed by atoms with van der Waals surface area (Å²) in [5, 5.41) is 2.74. The van der Waals surface area contributed by atoms with Crippen LogP contribution in [0.3, 0.4) is 0 Å². The van der Waals surface area contributed by atoms with Crippen LogP contribution in [0.15, 0.2) is 30.3 Å². The van der Waals surface area contributed by atoms with Crippen molar-refractivity contribution in [2.75, 3.05) is 12.5 Å². The van der Waals surface area contributed by atoms with E-state index in [2.05, 4.69) is 5.32 Å². The summed E-state index contributed by atoms with van der Waals surface area (Å²) in [6, 6.07) is 8.79. The quantitative estimate of drug-likeness (QED) is 0.622. The Hall–Kier alpha value is -1.55. The van der Waals surface area contributed by atoms with E-state index in [0.717, 1.165) is 5.56 Å². The molecule has 0 saturated heterocycles. The van der Waals surface area contributed by atoms with Gasteiger partial charge >= 0.3 is 5.97 Å². The standard InChI is InChI=1S/C16H22ClNO3/c1-4-21-14(19)13(10-12-8-6-5-7-9-12)18-15(20)16(2,3)11-17/h5-9,13H,4,10-11H2,1-3H3,(H,18,20)/t13-/m1/s1. The van der Waals surface area contributed by atoms with Gasteiger partial charge in [0.25, 0.3) is 0 Å². The monoisotopic (exact) mass is 311 g/mol. The molecule has 116 valence electrons. The highest BCUT2D eigenvalue weighted by molar-refractivity contribution is 6.19. The molecule has 0 aliphatic carbocycles. The summed E-state index contributed by atoms with van der Waals surface area (Å²) in [7, 11) is 0. The fourth-order valence-electron chi connectivity index (χ4n) is 1.70. The minimum Gasteiger partial charge on any atom is -0.464 e. The molecule has 1 atom stereocenters. The molecule has 1 aromatic carbocycles. The number of rotatable bonds is 7. The first-order chi connectivity index (χ1) is 9.90. The maximum atomic E-state index is 12.2. The zero-order valence-electron chi connectivity index (χ0n) is 12.7. The van der Waals surface area contributed by atoms with E-state index in [1.165, 1.54) is 0 Å². The number of carbonyl (C=O) groups excluding carboxylic acids is 2. The molecule has 1 rings (SSSR count). The van der Waals surface area contributed by atoms with E-state index in [-0.39, 0.29) is 18.4 Å². The molecular formula is C16H22ClNO3. The molecule has 0 aliphatic rings. The summed E-state index contributed by atoms with van der Waals surface area (Å²) in [4.78, 5) is 24.2. The van der Waals surface area contributed by atoms with Gasteiger partial charge in [0.1, 0.15) is 6.04 Å². The van der Waals surface area contributed by atoms with Crippen LogP contribution < -0.4 is 5.32 Å². The van der Waals surface area contributed by atoms with Gasteiger partial charge in [0, 0.05) is 12.3 Å². The van der Waals surface area contributed by atoms with Gasteiger partial charge in [-0.05, 0) is 26.3 Å². The van der Waals surface area contributed by atoms with Crippen molar-refractivity contribution in [1.29, 1.82) is 0 Å². The summed E-state index contributed by atoms with van der Waals surface area (Å²) >= 11 is 5.80.